The third kappa shape index (κ3) is 32.1. The fraction of sp³-hybridized carbons (Fsp3) is 0.437. The number of aliphatic carboxylic acids is 2. The number of aliphatic hydroxyl groups is 1. The van der Waals surface area contributed by atoms with Crippen molar-refractivity contribution in [1.82, 2.24) is 67.9 Å². The lowest BCUT2D eigenvalue weighted by molar-refractivity contribution is -0.142. The molecule has 660 valence electrons. The molecule has 19 N–H and O–H groups in total. The van der Waals surface area contributed by atoms with Crippen LogP contribution in [0.5, 0.6) is 0 Å². The second-order valence-electron chi connectivity index (χ2n) is 31.1. The zero-order valence-electron chi connectivity index (χ0n) is 69.3. The number of carboxylic acids is 2. The average Bonchev–Trinajstić information content (AvgIpc) is 1.79. The molecule has 12 amide bonds. The normalized spacial score (nSPS) is 15.5. The Labute approximate surface area is 717 Å². The lowest BCUT2D eigenvalue weighted by Crippen LogP contribution is -2.62. The fourth-order valence-electron chi connectivity index (χ4n) is 14.2. The molecule has 2 fully saturated rings. The number of morpholine rings is 1. The van der Waals surface area contributed by atoms with E-state index in [2.05, 4.69) is 63.4 Å². The minimum absolute atomic E-state index is 0.0194. The smallest absolute Gasteiger partial charge is 0.304 e. The van der Waals surface area contributed by atoms with E-state index in [4.69, 9.17) is 33.2 Å². The van der Waals surface area contributed by atoms with Crippen LogP contribution >= 0.6 is 11.6 Å². The van der Waals surface area contributed by atoms with Gasteiger partial charge in [0.05, 0.1) is 39.2 Å². The first kappa shape index (κ1) is 96.0. The minimum atomic E-state index is -1.90. The van der Waals surface area contributed by atoms with Crippen molar-refractivity contribution in [2.24, 2.45) is 17.4 Å². The quantitative estimate of drug-likeness (QED) is 0.0145. The number of fused-ring (bicyclic) bond motifs is 1. The molecule has 0 aromatic heterocycles. The maximum absolute atomic E-state index is 15.5. The Morgan fingerprint density at radius 1 is 0.528 bits per heavy atom. The predicted octanol–water partition coefficient (Wildman–Crippen LogP) is 1.21. The van der Waals surface area contributed by atoms with E-state index in [1.807, 2.05) is 48.5 Å². The summed E-state index contributed by atoms with van der Waals surface area (Å²) in [5.41, 5.74) is 14.8. The van der Waals surface area contributed by atoms with E-state index in [1.165, 1.54) is 23.6 Å². The monoisotopic (exact) mass is 1720 g/mol. The largest absolute Gasteiger partial charge is 0.481 e. The predicted molar refractivity (Wildman–Crippen MR) is 457 cm³/mol. The molecule has 0 unspecified atom stereocenters. The molecule has 0 saturated carbocycles. The molecule has 6 aromatic rings. The van der Waals surface area contributed by atoms with Gasteiger partial charge in [0, 0.05) is 95.6 Å². The maximum atomic E-state index is 15.5. The molecule has 35 nitrogen and oxygen atoms in total. The molecular weight excluding hydrogens is 1610 g/mol. The Balaban J connectivity index is 1.09. The van der Waals surface area contributed by atoms with Gasteiger partial charge in [0.2, 0.25) is 70.9 Å². The highest BCUT2D eigenvalue weighted by Crippen LogP contribution is 2.23. The van der Waals surface area contributed by atoms with Crippen LogP contribution in [0.2, 0.25) is 5.02 Å². The van der Waals surface area contributed by atoms with Gasteiger partial charge in [-0.1, -0.05) is 147 Å². The molecule has 2 heterocycles. The van der Waals surface area contributed by atoms with Crippen molar-refractivity contribution < 1.29 is 87.2 Å². The lowest BCUT2D eigenvalue weighted by atomic mass is 9.99. The fourth-order valence-corrected chi connectivity index (χ4v) is 14.4. The van der Waals surface area contributed by atoms with Gasteiger partial charge in [-0.15, -0.1) is 0 Å². The van der Waals surface area contributed by atoms with E-state index < -0.39 is 163 Å². The Kier molecular flexibility index (Phi) is 37.7. The molecule has 0 radical (unpaired) electrons. The van der Waals surface area contributed by atoms with Crippen LogP contribution in [0.15, 0.2) is 146 Å². The van der Waals surface area contributed by atoms with E-state index in [1.54, 1.807) is 111 Å². The molecule has 0 aliphatic carbocycles. The number of guanidine groups is 1. The van der Waals surface area contributed by atoms with E-state index >= 15 is 28.8 Å². The van der Waals surface area contributed by atoms with Crippen LogP contribution in [0.3, 0.4) is 0 Å². The molecule has 2 aliphatic heterocycles. The number of anilines is 1. The van der Waals surface area contributed by atoms with E-state index in [0.29, 0.717) is 77.8 Å². The summed E-state index contributed by atoms with van der Waals surface area (Å²) in [4.78, 5) is 201. The number of carboxylic acid groups (broad SMARTS) is 2. The second kappa shape index (κ2) is 48.3. The number of hydrogen-bond acceptors (Lipinski definition) is 19. The van der Waals surface area contributed by atoms with Gasteiger partial charge in [0.1, 0.15) is 60.4 Å². The molecule has 0 bridgehead atoms. The summed E-state index contributed by atoms with van der Waals surface area (Å²) >= 11 is 6.32. The number of aliphatic hydroxyl groups excluding tert-OH is 1. The number of nitrogens with zero attached hydrogens (tertiary/aromatic N) is 3. The van der Waals surface area contributed by atoms with Crippen molar-refractivity contribution in [2.45, 2.75) is 172 Å². The number of hydrogen-bond donors (Lipinski definition) is 17. The summed E-state index contributed by atoms with van der Waals surface area (Å²) < 4.78 is 5.56. The van der Waals surface area contributed by atoms with E-state index in [9.17, 15) is 53.7 Å². The highest BCUT2D eigenvalue weighted by atomic mass is 35.5. The molecule has 0 spiro atoms. The van der Waals surface area contributed by atoms with Crippen LogP contribution in [0.1, 0.15) is 106 Å². The number of nitrogens with one attached hydrogen (secondary N) is 12. The third-order valence-electron chi connectivity index (χ3n) is 20.8. The molecule has 6 aromatic carbocycles. The van der Waals surface area contributed by atoms with Gasteiger partial charge in [-0.25, -0.2) is 0 Å². The molecular formula is C87H112ClN17O18. The van der Waals surface area contributed by atoms with Crippen LogP contribution in [0, 0.1) is 11.3 Å². The van der Waals surface area contributed by atoms with Crippen LogP contribution in [-0.2, 0) is 111 Å². The van der Waals surface area contributed by atoms with Gasteiger partial charge < -0.3 is 94.9 Å². The zero-order valence-corrected chi connectivity index (χ0v) is 70.1. The number of benzene rings is 6. The SMILES string of the molecule is CC(=O)Nc1ccc(C[C@H](NC(=O)[C@H](CO)NC(=O)[C@@H](Cc2ccccc2)NC(=O)[C@@H](Cc2ccc(Cl)cc2)NC(=O)[C@@H](Cc2ccc3ccccc3c2)NC(=O)CN(CCC(=O)O)CCC(=O)O)C(=O)N[C@H](Cc2ccc(CN3CCOCC3)cc2)C(=O)N[C@@H](CC(C)C)C(=O)N[C@@H](CCCNC(=N)N)C(=O)N2CCC[C@H]2C(=O)N[C@H](C)C(N)=O)cc1. The van der Waals surface area contributed by atoms with Gasteiger partial charge in [-0.05, 0) is 113 Å². The number of carbonyl (C=O) groups excluding carboxylic acids is 12. The Morgan fingerprint density at radius 2 is 0.976 bits per heavy atom. The number of ether oxygens (including phenoxy) is 1. The van der Waals surface area contributed by atoms with Gasteiger partial charge in [-0.2, -0.15) is 0 Å². The van der Waals surface area contributed by atoms with Crippen molar-refractivity contribution in [3.8, 4) is 0 Å². The average molecular weight is 1720 g/mol. The Morgan fingerprint density at radius 3 is 1.49 bits per heavy atom. The topological polar surface area (TPSA) is 527 Å². The number of rotatable bonds is 47. The molecule has 10 atom stereocenters. The number of nitrogens with two attached hydrogens (primary N) is 2. The molecule has 2 saturated heterocycles. The van der Waals surface area contributed by atoms with Gasteiger partial charge >= 0.3 is 11.9 Å². The first-order chi connectivity index (χ1) is 58.7. The van der Waals surface area contributed by atoms with Crippen LogP contribution < -0.4 is 70.0 Å². The summed E-state index contributed by atoms with van der Waals surface area (Å²) in [5.74, 6) is -13.0. The summed E-state index contributed by atoms with van der Waals surface area (Å²) in [5, 5.41) is 69.7. The van der Waals surface area contributed by atoms with E-state index in [-0.39, 0.29) is 102 Å². The number of halogens is 1. The number of primary amides is 1. The molecule has 8 rings (SSSR count). The minimum Gasteiger partial charge on any atom is -0.481 e. The summed E-state index contributed by atoms with van der Waals surface area (Å²) in [6, 6.07) is 26.4. The van der Waals surface area contributed by atoms with Crippen molar-refractivity contribution >= 4 is 117 Å². The third-order valence-corrected chi connectivity index (χ3v) is 21.0. The highest BCUT2D eigenvalue weighted by molar-refractivity contribution is 6.30. The summed E-state index contributed by atoms with van der Waals surface area (Å²) in [6.45, 7) is 7.51. The molecule has 2 aliphatic rings. The number of likely N-dealkylation sites (tertiary alicyclic amines) is 1. The maximum Gasteiger partial charge on any atom is 0.304 e. The lowest BCUT2D eigenvalue weighted by Gasteiger charge is -2.31. The van der Waals surface area contributed by atoms with Crippen molar-refractivity contribution in [2.75, 3.05) is 71.0 Å². The first-order valence-corrected chi connectivity index (χ1v) is 41.3. The second-order valence-corrected chi connectivity index (χ2v) is 31.6. The van der Waals surface area contributed by atoms with Gasteiger partial charge in [0.15, 0.2) is 5.96 Å². The summed E-state index contributed by atoms with van der Waals surface area (Å²) in [6.07, 6.45) is -1.37. The summed E-state index contributed by atoms with van der Waals surface area (Å²) in [7, 11) is 0. The van der Waals surface area contributed by atoms with Gasteiger partial charge in [-0.3, -0.25) is 82.3 Å². The van der Waals surface area contributed by atoms with Crippen LogP contribution in [0.4, 0.5) is 5.69 Å². The number of amides is 12. The Bertz CT molecular complexity index is 4640. The van der Waals surface area contributed by atoms with Crippen LogP contribution in [-0.4, -0.2) is 245 Å². The van der Waals surface area contributed by atoms with Crippen molar-refractivity contribution in [3.05, 3.63) is 184 Å². The zero-order chi connectivity index (χ0) is 89.2. The van der Waals surface area contributed by atoms with Crippen molar-refractivity contribution in [3.63, 3.8) is 0 Å². The molecule has 36 heteroatoms. The first-order valence-electron chi connectivity index (χ1n) is 40.9. The van der Waals surface area contributed by atoms with Crippen molar-refractivity contribution in [1.29, 1.82) is 5.41 Å². The Hall–Kier alpha value is -12.4. The van der Waals surface area contributed by atoms with E-state index in [0.717, 1.165) is 16.3 Å². The molecule has 123 heavy (non-hydrogen) atoms. The standard InChI is InChI=1S/C87H112ClN17O18/c1-52(2)42-66(78(114)96-65(16-10-34-92-87(90)91)86(122)105-35-11-17-73(105)85(121)93-53(3)77(89)113)97-80(116)69(45-56-18-20-59(21-19-56)49-104-38-40-123-41-39-104)100-82(118)71(47-58-25-30-64(31-26-58)94-54(4)107)101-84(120)72(51-106)102-83(119)68(44-55-12-6-5-7-13-55)99-81(117)70(46-57-23-28-63(88)29-24-57)98-79(115)67(48-60-22-27-61-14-8-9-15-62(61)43-60)95-74(108)50-103(36-32-75(109)110)37-33-76(111)112/h5-9,12-15,18-31,43,52-53,65-73,106H,10-11,16-17,32-42,44-51H2,1-4H3,(H2,89,113)(H,93,121)(H,94,107)(H,95,108)(H,96,114)(H,97,116)(H,98,115)(H,99,117)(H,100,118)(H,101,120)(H,102,119)(H,109,110)(H,111,112)(H4,90,91,92)/t53-,65+,66+,67-,68-,69-,70-,71+,72+,73+/m1/s1. The van der Waals surface area contributed by atoms with Gasteiger partial charge in [0.25, 0.3) is 0 Å². The van der Waals surface area contributed by atoms with Crippen LogP contribution in [0.25, 0.3) is 10.8 Å². The number of carbonyl (C=O) groups is 14. The highest BCUT2D eigenvalue weighted by Gasteiger charge is 2.41.